The topological polar surface area (TPSA) is 44.5 Å². The summed E-state index contributed by atoms with van der Waals surface area (Å²) in [4.78, 5) is 0. The molecule has 0 aromatic heterocycles. The van der Waals surface area contributed by atoms with Crippen LogP contribution < -0.4 is 15.2 Å². The molecular formula is C16H16BrNO2. The Morgan fingerprint density at radius 1 is 1.25 bits per heavy atom. The molecular weight excluding hydrogens is 318 g/mol. The van der Waals surface area contributed by atoms with Crippen LogP contribution in [0.3, 0.4) is 0 Å². The Labute approximate surface area is 126 Å². The van der Waals surface area contributed by atoms with Crippen LogP contribution in [0.5, 0.6) is 11.5 Å². The van der Waals surface area contributed by atoms with Crippen LogP contribution in [-0.2, 0) is 6.54 Å². The van der Waals surface area contributed by atoms with Crippen molar-refractivity contribution in [3.63, 3.8) is 0 Å². The molecule has 1 aliphatic rings. The van der Waals surface area contributed by atoms with Gasteiger partial charge in [0.2, 0.25) is 0 Å². The van der Waals surface area contributed by atoms with E-state index in [1.807, 2.05) is 36.4 Å². The fraction of sp³-hybridized carbons (Fsp3) is 0.250. The van der Waals surface area contributed by atoms with E-state index in [1.165, 1.54) is 5.56 Å². The van der Waals surface area contributed by atoms with Crippen LogP contribution in [0.1, 0.15) is 17.0 Å². The monoisotopic (exact) mass is 333 g/mol. The second kappa shape index (κ2) is 5.85. The molecule has 0 spiro atoms. The number of halogens is 1. The summed E-state index contributed by atoms with van der Waals surface area (Å²) in [5.41, 5.74) is 7.98. The molecule has 0 radical (unpaired) electrons. The Morgan fingerprint density at radius 2 is 2.10 bits per heavy atom. The summed E-state index contributed by atoms with van der Waals surface area (Å²) < 4.78 is 12.6. The third-order valence-electron chi connectivity index (χ3n) is 3.48. The summed E-state index contributed by atoms with van der Waals surface area (Å²) in [7, 11) is 0. The molecule has 20 heavy (non-hydrogen) atoms. The second-order valence-corrected chi connectivity index (χ2v) is 5.73. The molecule has 0 fully saturated rings. The Balaban J connectivity index is 1.72. The van der Waals surface area contributed by atoms with Crippen molar-refractivity contribution in [2.45, 2.75) is 12.5 Å². The highest BCUT2D eigenvalue weighted by molar-refractivity contribution is 9.10. The molecule has 4 heteroatoms. The van der Waals surface area contributed by atoms with Crippen LogP contribution in [0.25, 0.3) is 0 Å². The van der Waals surface area contributed by atoms with Crippen molar-refractivity contribution in [2.24, 2.45) is 5.73 Å². The molecule has 3 rings (SSSR count). The van der Waals surface area contributed by atoms with Crippen LogP contribution in [-0.4, -0.2) is 13.2 Å². The van der Waals surface area contributed by atoms with Gasteiger partial charge in [0.25, 0.3) is 0 Å². The van der Waals surface area contributed by atoms with Gasteiger partial charge in [-0.25, -0.2) is 0 Å². The lowest BCUT2D eigenvalue weighted by Gasteiger charge is -2.14. The minimum absolute atomic E-state index is 0.278. The maximum absolute atomic E-state index is 5.94. The fourth-order valence-electron chi connectivity index (χ4n) is 2.41. The summed E-state index contributed by atoms with van der Waals surface area (Å²) in [6.07, 6.45) is 0. The van der Waals surface area contributed by atoms with Gasteiger partial charge < -0.3 is 15.2 Å². The molecule has 3 nitrogen and oxygen atoms in total. The third kappa shape index (κ3) is 2.67. The van der Waals surface area contributed by atoms with Crippen molar-refractivity contribution in [3.8, 4) is 11.5 Å². The standard InChI is InChI=1S/C16H16BrNO2/c17-13-5-6-15(11(7-13)8-18)19-9-12-10-20-16-4-2-1-3-14(12)16/h1-7,12H,8-10,18H2. The molecule has 1 unspecified atom stereocenters. The van der Waals surface area contributed by atoms with Gasteiger partial charge in [-0.15, -0.1) is 0 Å². The summed E-state index contributed by atoms with van der Waals surface area (Å²) in [5.74, 6) is 2.09. The predicted molar refractivity (Wildman–Crippen MR) is 82.2 cm³/mol. The summed E-state index contributed by atoms with van der Waals surface area (Å²) in [5, 5.41) is 0. The lowest BCUT2D eigenvalue weighted by atomic mass is 10.0. The number of rotatable bonds is 4. The molecule has 2 aromatic rings. The number of nitrogens with two attached hydrogens (primary N) is 1. The molecule has 104 valence electrons. The molecule has 1 heterocycles. The van der Waals surface area contributed by atoms with Gasteiger partial charge in [-0.2, -0.15) is 0 Å². The van der Waals surface area contributed by atoms with Crippen molar-refractivity contribution >= 4 is 15.9 Å². The van der Waals surface area contributed by atoms with Gasteiger partial charge in [0.1, 0.15) is 11.5 Å². The van der Waals surface area contributed by atoms with Crippen LogP contribution >= 0.6 is 15.9 Å². The lowest BCUT2D eigenvalue weighted by molar-refractivity contribution is 0.247. The number of fused-ring (bicyclic) bond motifs is 1. The zero-order valence-electron chi connectivity index (χ0n) is 11.0. The quantitative estimate of drug-likeness (QED) is 0.931. The minimum Gasteiger partial charge on any atom is -0.493 e. The molecule has 0 amide bonds. The van der Waals surface area contributed by atoms with E-state index in [-0.39, 0.29) is 5.92 Å². The van der Waals surface area contributed by atoms with Gasteiger partial charge in [0.05, 0.1) is 19.1 Å². The first-order valence-electron chi connectivity index (χ1n) is 6.61. The summed E-state index contributed by atoms with van der Waals surface area (Å²) in [6.45, 7) is 1.74. The Bertz CT molecular complexity index is 615. The zero-order chi connectivity index (χ0) is 13.9. The third-order valence-corrected chi connectivity index (χ3v) is 3.97. The number of hydrogen-bond donors (Lipinski definition) is 1. The van der Waals surface area contributed by atoms with E-state index in [4.69, 9.17) is 15.2 Å². The van der Waals surface area contributed by atoms with Crippen molar-refractivity contribution in [3.05, 3.63) is 58.1 Å². The highest BCUT2D eigenvalue weighted by Gasteiger charge is 2.24. The van der Waals surface area contributed by atoms with Crippen molar-refractivity contribution in [2.75, 3.05) is 13.2 Å². The molecule has 0 aliphatic carbocycles. The van der Waals surface area contributed by atoms with Gasteiger partial charge in [0.15, 0.2) is 0 Å². The van der Waals surface area contributed by atoms with Gasteiger partial charge in [-0.05, 0) is 24.3 Å². The first kappa shape index (κ1) is 13.5. The van der Waals surface area contributed by atoms with Crippen LogP contribution in [0, 0.1) is 0 Å². The van der Waals surface area contributed by atoms with E-state index in [0.29, 0.717) is 19.8 Å². The first-order chi connectivity index (χ1) is 9.78. The average Bonchev–Trinajstić information content (AvgIpc) is 2.89. The number of benzene rings is 2. The van der Waals surface area contributed by atoms with Gasteiger partial charge in [-0.3, -0.25) is 0 Å². The Kier molecular flexibility index (Phi) is 3.94. The van der Waals surface area contributed by atoms with Gasteiger partial charge in [0, 0.05) is 22.1 Å². The summed E-state index contributed by atoms with van der Waals surface area (Å²) >= 11 is 3.44. The van der Waals surface area contributed by atoms with E-state index in [0.717, 1.165) is 21.5 Å². The van der Waals surface area contributed by atoms with Gasteiger partial charge >= 0.3 is 0 Å². The van der Waals surface area contributed by atoms with E-state index < -0.39 is 0 Å². The van der Waals surface area contributed by atoms with E-state index in [9.17, 15) is 0 Å². The Hall–Kier alpha value is -1.52. The predicted octanol–water partition coefficient (Wildman–Crippen LogP) is 3.46. The van der Waals surface area contributed by atoms with Gasteiger partial charge in [-0.1, -0.05) is 34.1 Å². The van der Waals surface area contributed by atoms with E-state index >= 15 is 0 Å². The molecule has 0 saturated heterocycles. The number of para-hydroxylation sites is 1. The molecule has 2 N–H and O–H groups in total. The van der Waals surface area contributed by atoms with E-state index in [2.05, 4.69) is 22.0 Å². The zero-order valence-corrected chi connectivity index (χ0v) is 12.6. The normalized spacial score (nSPS) is 16.6. The van der Waals surface area contributed by atoms with Crippen molar-refractivity contribution < 1.29 is 9.47 Å². The SMILES string of the molecule is NCc1cc(Br)ccc1OCC1COc2ccccc21. The Morgan fingerprint density at radius 3 is 2.95 bits per heavy atom. The molecule has 2 aromatic carbocycles. The maximum atomic E-state index is 5.94. The van der Waals surface area contributed by atoms with Crippen molar-refractivity contribution in [1.29, 1.82) is 0 Å². The smallest absolute Gasteiger partial charge is 0.123 e. The minimum atomic E-state index is 0.278. The summed E-state index contributed by atoms with van der Waals surface area (Å²) in [6, 6.07) is 14.0. The number of hydrogen-bond acceptors (Lipinski definition) is 3. The largest absolute Gasteiger partial charge is 0.493 e. The van der Waals surface area contributed by atoms with Crippen LogP contribution in [0.4, 0.5) is 0 Å². The molecule has 1 aliphatic heterocycles. The maximum Gasteiger partial charge on any atom is 0.123 e. The van der Waals surface area contributed by atoms with E-state index in [1.54, 1.807) is 0 Å². The highest BCUT2D eigenvalue weighted by Crippen LogP contribution is 2.34. The molecule has 0 saturated carbocycles. The highest BCUT2D eigenvalue weighted by atomic mass is 79.9. The van der Waals surface area contributed by atoms with Crippen LogP contribution in [0.15, 0.2) is 46.9 Å². The van der Waals surface area contributed by atoms with Crippen molar-refractivity contribution in [1.82, 2.24) is 0 Å². The molecule has 0 bridgehead atoms. The second-order valence-electron chi connectivity index (χ2n) is 4.81. The molecule has 1 atom stereocenters. The average molecular weight is 334 g/mol. The lowest BCUT2D eigenvalue weighted by Crippen LogP contribution is -2.13. The number of ether oxygens (including phenoxy) is 2. The fourth-order valence-corrected chi connectivity index (χ4v) is 2.81. The first-order valence-corrected chi connectivity index (χ1v) is 7.40. The van der Waals surface area contributed by atoms with Crippen LogP contribution in [0.2, 0.25) is 0 Å².